The normalized spacial score (nSPS) is 13.8. The lowest BCUT2D eigenvalue weighted by Gasteiger charge is -2.17. The van der Waals surface area contributed by atoms with Gasteiger partial charge in [0.25, 0.3) is 10.0 Å². The van der Waals surface area contributed by atoms with Gasteiger partial charge >= 0.3 is 0 Å². The quantitative estimate of drug-likeness (QED) is 0.574. The van der Waals surface area contributed by atoms with Gasteiger partial charge in [-0.2, -0.15) is 5.10 Å². The Labute approximate surface area is 180 Å². The van der Waals surface area contributed by atoms with Crippen molar-refractivity contribution in [2.75, 3.05) is 35.1 Å². The molecule has 0 spiro atoms. The summed E-state index contributed by atoms with van der Waals surface area (Å²) in [7, 11) is -2.70. The van der Waals surface area contributed by atoms with Crippen LogP contribution in [0.4, 0.5) is 27.3 Å². The molecule has 0 atom stereocenters. The minimum absolute atomic E-state index is 0.0589. The lowest BCUT2D eigenvalue weighted by atomic mass is 10.3. The first-order valence-corrected chi connectivity index (χ1v) is 11.2. The lowest BCUT2D eigenvalue weighted by Crippen LogP contribution is -2.18. The summed E-state index contributed by atoms with van der Waals surface area (Å²) in [5.41, 5.74) is 2.07. The molecule has 0 radical (unpaired) electrons. The zero-order valence-electron chi connectivity index (χ0n) is 16.9. The lowest BCUT2D eigenvalue weighted by molar-refractivity contribution is 0.401. The number of halogens is 1. The third-order valence-corrected chi connectivity index (χ3v) is 6.34. The van der Waals surface area contributed by atoms with Crippen molar-refractivity contribution in [3.8, 4) is 5.75 Å². The van der Waals surface area contributed by atoms with Crippen LogP contribution in [0.25, 0.3) is 0 Å². The molecule has 1 aliphatic rings. The van der Waals surface area contributed by atoms with E-state index in [-0.39, 0.29) is 10.6 Å². The summed E-state index contributed by atoms with van der Waals surface area (Å²) in [6, 6.07) is 11.9. The Bertz CT molecular complexity index is 1170. The van der Waals surface area contributed by atoms with Crippen molar-refractivity contribution < 1.29 is 17.5 Å². The predicted octanol–water partition coefficient (Wildman–Crippen LogP) is 3.77. The van der Waals surface area contributed by atoms with E-state index in [0.717, 1.165) is 36.6 Å². The summed E-state index contributed by atoms with van der Waals surface area (Å²) in [5, 5.41) is 11.3. The Kier molecular flexibility index (Phi) is 5.90. The number of ether oxygens (including phenoxy) is 1. The topological polar surface area (TPSA) is 96.5 Å². The second kappa shape index (κ2) is 8.76. The van der Waals surface area contributed by atoms with Crippen molar-refractivity contribution in [3.05, 3.63) is 60.5 Å². The van der Waals surface area contributed by atoms with E-state index in [1.807, 2.05) is 6.07 Å². The van der Waals surface area contributed by atoms with Gasteiger partial charge in [0.2, 0.25) is 0 Å². The summed E-state index contributed by atoms with van der Waals surface area (Å²) in [5.74, 6) is -0.0103. The molecule has 1 fully saturated rings. The fourth-order valence-corrected chi connectivity index (χ4v) is 4.65. The molecule has 4 rings (SSSR count). The first-order valence-electron chi connectivity index (χ1n) is 9.76. The Morgan fingerprint density at radius 3 is 2.45 bits per heavy atom. The average molecular weight is 444 g/mol. The highest BCUT2D eigenvalue weighted by molar-refractivity contribution is 7.92. The van der Waals surface area contributed by atoms with Gasteiger partial charge in [-0.25, -0.2) is 12.8 Å². The van der Waals surface area contributed by atoms with Crippen LogP contribution in [-0.4, -0.2) is 38.8 Å². The van der Waals surface area contributed by atoms with Crippen LogP contribution in [0, 0.1) is 5.82 Å². The van der Waals surface area contributed by atoms with Crippen LogP contribution in [-0.2, 0) is 10.0 Å². The largest absolute Gasteiger partial charge is 0.495 e. The van der Waals surface area contributed by atoms with E-state index in [1.165, 1.54) is 26.0 Å². The van der Waals surface area contributed by atoms with Crippen LogP contribution in [0.2, 0.25) is 0 Å². The molecule has 3 aromatic rings. The molecule has 31 heavy (non-hydrogen) atoms. The van der Waals surface area contributed by atoms with Gasteiger partial charge < -0.3 is 15.0 Å². The molecule has 8 nitrogen and oxygen atoms in total. The minimum atomic E-state index is -4.03. The number of nitrogens with zero attached hydrogens (tertiary/aromatic N) is 3. The van der Waals surface area contributed by atoms with Crippen LogP contribution in [0.15, 0.2) is 59.6 Å². The summed E-state index contributed by atoms with van der Waals surface area (Å²) >= 11 is 0. The number of rotatable bonds is 7. The van der Waals surface area contributed by atoms with Crippen LogP contribution in [0.3, 0.4) is 0 Å². The number of nitrogens with one attached hydrogen (secondary N) is 2. The van der Waals surface area contributed by atoms with Gasteiger partial charge in [-0.15, -0.1) is 5.10 Å². The smallest absolute Gasteiger partial charge is 0.265 e. The molecule has 0 bridgehead atoms. The van der Waals surface area contributed by atoms with Crippen molar-refractivity contribution in [3.63, 3.8) is 0 Å². The third kappa shape index (κ3) is 4.85. The van der Waals surface area contributed by atoms with Gasteiger partial charge in [0, 0.05) is 30.5 Å². The number of anilines is 4. The van der Waals surface area contributed by atoms with E-state index in [0.29, 0.717) is 11.5 Å². The van der Waals surface area contributed by atoms with E-state index in [1.54, 1.807) is 30.5 Å². The Morgan fingerprint density at radius 1 is 1.03 bits per heavy atom. The molecule has 10 heteroatoms. The summed E-state index contributed by atoms with van der Waals surface area (Å²) in [4.78, 5) is 1.99. The van der Waals surface area contributed by atoms with Crippen LogP contribution >= 0.6 is 0 Å². The molecular formula is C21H22FN5O3S. The molecule has 0 unspecified atom stereocenters. The van der Waals surface area contributed by atoms with E-state index in [9.17, 15) is 12.8 Å². The molecule has 2 aromatic carbocycles. The van der Waals surface area contributed by atoms with Crippen molar-refractivity contribution >= 4 is 32.9 Å². The van der Waals surface area contributed by atoms with E-state index in [2.05, 4.69) is 25.1 Å². The number of benzene rings is 2. The highest BCUT2D eigenvalue weighted by Gasteiger charge is 2.20. The fraction of sp³-hybridized carbons (Fsp3) is 0.238. The van der Waals surface area contributed by atoms with Gasteiger partial charge in [0.05, 0.1) is 19.0 Å². The first-order chi connectivity index (χ1) is 14.9. The second-order valence-electron chi connectivity index (χ2n) is 7.10. The fourth-order valence-electron chi connectivity index (χ4n) is 3.41. The number of hydrogen-bond acceptors (Lipinski definition) is 7. The van der Waals surface area contributed by atoms with Crippen molar-refractivity contribution in [2.45, 2.75) is 17.7 Å². The monoisotopic (exact) mass is 443 g/mol. The first kappa shape index (κ1) is 20.9. The Hall–Kier alpha value is -3.40. The summed E-state index contributed by atoms with van der Waals surface area (Å²) in [6.45, 7) is 2.02. The maximum absolute atomic E-state index is 13.6. The number of sulfonamides is 1. The number of methoxy groups -OCH3 is 1. The van der Waals surface area contributed by atoms with E-state index >= 15 is 0 Å². The molecule has 2 N–H and O–H groups in total. The van der Waals surface area contributed by atoms with Crippen molar-refractivity contribution in [1.82, 2.24) is 10.2 Å². The molecule has 1 aromatic heterocycles. The predicted molar refractivity (Wildman–Crippen MR) is 117 cm³/mol. The van der Waals surface area contributed by atoms with E-state index in [4.69, 9.17) is 4.74 Å². The van der Waals surface area contributed by atoms with Gasteiger partial charge in [-0.05, 0) is 55.3 Å². The van der Waals surface area contributed by atoms with Gasteiger partial charge in [0.15, 0.2) is 5.82 Å². The summed E-state index contributed by atoms with van der Waals surface area (Å²) < 4.78 is 46.4. The van der Waals surface area contributed by atoms with Gasteiger partial charge in [-0.3, -0.25) is 4.72 Å². The zero-order valence-corrected chi connectivity index (χ0v) is 17.7. The van der Waals surface area contributed by atoms with Crippen molar-refractivity contribution in [1.29, 1.82) is 0 Å². The molecule has 0 amide bonds. The third-order valence-electron chi connectivity index (χ3n) is 4.94. The maximum atomic E-state index is 13.6. The van der Waals surface area contributed by atoms with Gasteiger partial charge in [-0.1, -0.05) is 0 Å². The molecule has 2 heterocycles. The molecule has 1 aliphatic heterocycles. The van der Waals surface area contributed by atoms with Gasteiger partial charge in [0.1, 0.15) is 16.5 Å². The second-order valence-corrected chi connectivity index (χ2v) is 8.75. The standard InChI is InChI=1S/C21H22FN5O3S/c1-30-19-9-4-15(22)12-20(19)31(28,29)26-17-7-5-16(6-8-17)24-21-13-18(14-23-25-21)27-10-2-3-11-27/h4-9,12-14,26H,2-3,10-11H2,1H3,(H,24,25). The molecule has 0 aliphatic carbocycles. The molecule has 162 valence electrons. The minimum Gasteiger partial charge on any atom is -0.495 e. The number of aromatic nitrogens is 2. The van der Waals surface area contributed by atoms with E-state index < -0.39 is 15.8 Å². The number of hydrogen-bond donors (Lipinski definition) is 2. The Morgan fingerprint density at radius 2 is 1.74 bits per heavy atom. The van der Waals surface area contributed by atoms with Crippen LogP contribution in [0.5, 0.6) is 5.75 Å². The summed E-state index contributed by atoms with van der Waals surface area (Å²) in [6.07, 6.45) is 4.09. The molecule has 0 saturated carbocycles. The highest BCUT2D eigenvalue weighted by Crippen LogP contribution is 2.28. The molecule has 1 saturated heterocycles. The SMILES string of the molecule is COc1ccc(F)cc1S(=O)(=O)Nc1ccc(Nc2cc(N3CCCC3)cnn2)cc1. The highest BCUT2D eigenvalue weighted by atomic mass is 32.2. The zero-order chi connectivity index (χ0) is 21.8. The Balaban J connectivity index is 1.47. The average Bonchev–Trinajstić information content (AvgIpc) is 3.30. The maximum Gasteiger partial charge on any atom is 0.265 e. The van der Waals surface area contributed by atoms with Crippen molar-refractivity contribution in [2.24, 2.45) is 0 Å². The molecular weight excluding hydrogens is 421 g/mol. The van der Waals surface area contributed by atoms with Crippen LogP contribution in [0.1, 0.15) is 12.8 Å². The van der Waals surface area contributed by atoms with Crippen LogP contribution < -0.4 is 19.7 Å².